The molecule has 4 aliphatic carbocycles. The summed E-state index contributed by atoms with van der Waals surface area (Å²) < 4.78 is 6.06. The van der Waals surface area contributed by atoms with E-state index in [1.807, 2.05) is 0 Å². The van der Waals surface area contributed by atoms with Gasteiger partial charge in [-0.05, 0) is 97.7 Å². The quantitative estimate of drug-likeness (QED) is 0.124. The van der Waals surface area contributed by atoms with E-state index in [0.29, 0.717) is 17.3 Å². The zero-order valence-corrected chi connectivity index (χ0v) is 26.9. The van der Waals surface area contributed by atoms with Crippen LogP contribution < -0.4 is 0 Å². The van der Waals surface area contributed by atoms with E-state index in [-0.39, 0.29) is 12.1 Å². The molecule has 0 radical (unpaired) electrons. The van der Waals surface area contributed by atoms with Crippen molar-refractivity contribution in [2.24, 2.45) is 46.3 Å². The summed E-state index contributed by atoms with van der Waals surface area (Å²) in [5.41, 5.74) is 2.54. The number of carbonyl (C=O) groups is 1. The zero-order chi connectivity index (χ0) is 28.0. The molecule has 4 rings (SSSR count). The molecule has 8 atom stereocenters. The Hall–Kier alpha value is -0.790. The minimum absolute atomic E-state index is 0.0550. The third-order valence-corrected chi connectivity index (χ3v) is 12.5. The number of unbranched alkanes of at least 4 members (excludes halogenated alkanes) is 6. The highest BCUT2D eigenvalue weighted by atomic mass is 16.5. The van der Waals surface area contributed by atoms with Gasteiger partial charge in [0.2, 0.25) is 0 Å². The molecule has 2 heteroatoms. The van der Waals surface area contributed by atoms with E-state index < -0.39 is 0 Å². The lowest BCUT2D eigenvalue weighted by Crippen LogP contribution is -2.51. The molecule has 0 bridgehead atoms. The van der Waals surface area contributed by atoms with E-state index in [0.717, 1.165) is 54.8 Å². The van der Waals surface area contributed by atoms with Crippen molar-refractivity contribution in [3.05, 3.63) is 11.6 Å². The second kappa shape index (κ2) is 13.9. The fraction of sp³-hybridized carbons (Fsp3) is 0.919. The molecule has 0 amide bonds. The average molecular weight is 541 g/mol. The van der Waals surface area contributed by atoms with Gasteiger partial charge in [0.1, 0.15) is 6.10 Å². The molecule has 0 heterocycles. The first-order valence-electron chi connectivity index (χ1n) is 17.6. The molecular formula is C37H64O2. The lowest BCUT2D eigenvalue weighted by atomic mass is 9.47. The van der Waals surface area contributed by atoms with Gasteiger partial charge in [0.05, 0.1) is 0 Å². The van der Waals surface area contributed by atoms with Gasteiger partial charge in [0.15, 0.2) is 0 Å². The number of ether oxygens (including phenoxy) is 1. The summed E-state index contributed by atoms with van der Waals surface area (Å²) in [7, 11) is 0. The minimum atomic E-state index is 0.0550. The highest BCUT2D eigenvalue weighted by molar-refractivity contribution is 5.69. The van der Waals surface area contributed by atoms with Crippen molar-refractivity contribution in [1.29, 1.82) is 0 Å². The third-order valence-electron chi connectivity index (χ3n) is 12.5. The predicted molar refractivity (Wildman–Crippen MR) is 166 cm³/mol. The van der Waals surface area contributed by atoms with Crippen LogP contribution in [0.2, 0.25) is 0 Å². The highest BCUT2D eigenvalue weighted by Gasteiger charge is 2.59. The Kier molecular flexibility index (Phi) is 11.1. The maximum absolute atomic E-state index is 12.6. The number of hydrogen-bond acceptors (Lipinski definition) is 2. The fourth-order valence-corrected chi connectivity index (χ4v) is 10.2. The fourth-order valence-electron chi connectivity index (χ4n) is 10.2. The first-order chi connectivity index (χ1) is 18.7. The average Bonchev–Trinajstić information content (AvgIpc) is 3.25. The van der Waals surface area contributed by atoms with E-state index in [2.05, 4.69) is 47.6 Å². The smallest absolute Gasteiger partial charge is 0.306 e. The predicted octanol–water partition coefficient (Wildman–Crippen LogP) is 11.1. The van der Waals surface area contributed by atoms with Gasteiger partial charge in [0, 0.05) is 12.8 Å². The molecule has 39 heavy (non-hydrogen) atoms. The summed E-state index contributed by atoms with van der Waals surface area (Å²) >= 11 is 0. The van der Waals surface area contributed by atoms with Gasteiger partial charge >= 0.3 is 5.97 Å². The molecular weight excluding hydrogens is 476 g/mol. The molecule has 3 saturated carbocycles. The molecule has 2 nitrogen and oxygen atoms in total. The second-order valence-corrected chi connectivity index (χ2v) is 15.5. The molecule has 0 aromatic rings. The first kappa shape index (κ1) is 31.2. The molecule has 0 aromatic carbocycles. The minimum Gasteiger partial charge on any atom is -0.462 e. The summed E-state index contributed by atoms with van der Waals surface area (Å²) in [5, 5.41) is 0. The summed E-state index contributed by atoms with van der Waals surface area (Å²) in [6, 6.07) is 0. The standard InChI is InChI=1S/C37H64O2/c1-7-8-9-10-11-12-13-17-35(38)39-30-22-24-36(5)29(26-30)18-19-31-33-21-20-32(28(4)16-14-15-27(2)3)37(33,6)25-23-34(31)36/h18,27-28,30-34H,7-17,19-26H2,1-6H3/t28-,30-,31+,32?,33+,34+,36-,37+/m1/s1. The van der Waals surface area contributed by atoms with Crippen LogP contribution in [0.15, 0.2) is 11.6 Å². The number of esters is 1. The van der Waals surface area contributed by atoms with Crippen LogP contribution in [0, 0.1) is 46.3 Å². The summed E-state index contributed by atoms with van der Waals surface area (Å²) in [4.78, 5) is 12.6. The number of hydrogen-bond donors (Lipinski definition) is 0. The monoisotopic (exact) mass is 540 g/mol. The van der Waals surface area contributed by atoms with Crippen LogP contribution in [0.5, 0.6) is 0 Å². The Labute approximate surface area is 242 Å². The van der Waals surface area contributed by atoms with Crippen molar-refractivity contribution in [1.82, 2.24) is 0 Å². The van der Waals surface area contributed by atoms with E-state index in [4.69, 9.17) is 4.74 Å². The summed E-state index contributed by atoms with van der Waals surface area (Å²) in [5.74, 6) is 5.34. The second-order valence-electron chi connectivity index (χ2n) is 15.5. The summed E-state index contributed by atoms with van der Waals surface area (Å²) in [6.45, 7) is 14.9. The lowest BCUT2D eigenvalue weighted by molar-refractivity contribution is -0.151. The van der Waals surface area contributed by atoms with E-state index in [1.54, 1.807) is 5.57 Å². The lowest BCUT2D eigenvalue weighted by Gasteiger charge is -2.58. The van der Waals surface area contributed by atoms with Gasteiger partial charge in [-0.3, -0.25) is 4.79 Å². The Bertz CT molecular complexity index is 812. The van der Waals surface area contributed by atoms with Gasteiger partial charge in [-0.15, -0.1) is 0 Å². The largest absolute Gasteiger partial charge is 0.462 e. The number of fused-ring (bicyclic) bond motifs is 5. The molecule has 4 aliphatic rings. The van der Waals surface area contributed by atoms with Gasteiger partial charge in [-0.25, -0.2) is 0 Å². The van der Waals surface area contributed by atoms with Crippen LogP contribution in [0.4, 0.5) is 0 Å². The number of rotatable bonds is 14. The molecule has 0 saturated heterocycles. The van der Waals surface area contributed by atoms with Crippen molar-refractivity contribution >= 4 is 5.97 Å². The topological polar surface area (TPSA) is 26.3 Å². The number of allylic oxidation sites excluding steroid dienone is 1. The molecule has 0 spiro atoms. The van der Waals surface area contributed by atoms with Gasteiger partial charge in [0.25, 0.3) is 0 Å². The molecule has 0 N–H and O–H groups in total. The maximum atomic E-state index is 12.6. The van der Waals surface area contributed by atoms with Gasteiger partial charge in [-0.2, -0.15) is 0 Å². The maximum Gasteiger partial charge on any atom is 0.306 e. The Morgan fingerprint density at radius 3 is 2.38 bits per heavy atom. The van der Waals surface area contributed by atoms with Crippen LogP contribution in [0.1, 0.15) is 164 Å². The summed E-state index contributed by atoms with van der Waals surface area (Å²) in [6.07, 6.45) is 26.7. The van der Waals surface area contributed by atoms with Crippen LogP contribution in [-0.4, -0.2) is 12.1 Å². The van der Waals surface area contributed by atoms with Crippen LogP contribution in [0.25, 0.3) is 0 Å². The van der Waals surface area contributed by atoms with E-state index >= 15 is 0 Å². The zero-order valence-electron chi connectivity index (χ0n) is 26.9. The Morgan fingerprint density at radius 1 is 0.897 bits per heavy atom. The van der Waals surface area contributed by atoms with Crippen molar-refractivity contribution in [2.45, 2.75) is 170 Å². The number of carbonyl (C=O) groups excluding carboxylic acids is 1. The first-order valence-corrected chi connectivity index (χ1v) is 17.6. The van der Waals surface area contributed by atoms with Crippen LogP contribution >= 0.6 is 0 Å². The van der Waals surface area contributed by atoms with Crippen LogP contribution in [0.3, 0.4) is 0 Å². The SMILES string of the molecule is CCCCCCCCCC(=O)O[C@@H]1CC[C@]2(C)C(=CC[C@H]3[C@@H]4CCC([C@H](C)CCCC(C)C)[C@]4(C)CC[C@@H]32)C1. The highest BCUT2D eigenvalue weighted by Crippen LogP contribution is 2.67. The van der Waals surface area contributed by atoms with Crippen molar-refractivity contribution in [2.75, 3.05) is 0 Å². The molecule has 0 aliphatic heterocycles. The molecule has 0 aromatic heterocycles. The van der Waals surface area contributed by atoms with Crippen molar-refractivity contribution in [3.8, 4) is 0 Å². The van der Waals surface area contributed by atoms with Gasteiger partial charge < -0.3 is 4.74 Å². The third kappa shape index (κ3) is 7.17. The van der Waals surface area contributed by atoms with Crippen molar-refractivity contribution in [3.63, 3.8) is 0 Å². The van der Waals surface area contributed by atoms with E-state index in [9.17, 15) is 4.79 Å². The van der Waals surface area contributed by atoms with Crippen LogP contribution in [-0.2, 0) is 9.53 Å². The molecule has 224 valence electrons. The Morgan fingerprint density at radius 2 is 1.64 bits per heavy atom. The normalized spacial score (nSPS) is 36.6. The van der Waals surface area contributed by atoms with E-state index in [1.165, 1.54) is 96.3 Å². The van der Waals surface area contributed by atoms with Crippen molar-refractivity contribution < 1.29 is 9.53 Å². The van der Waals surface area contributed by atoms with Gasteiger partial charge in [-0.1, -0.05) is 111 Å². The Balaban J connectivity index is 1.29. The molecule has 3 fully saturated rings. The molecule has 1 unspecified atom stereocenters.